The lowest BCUT2D eigenvalue weighted by atomic mass is 9.99. The van der Waals surface area contributed by atoms with Crippen molar-refractivity contribution in [2.45, 2.75) is 310 Å². The maximum Gasteiger partial charge on any atom is 0.306 e. The van der Waals surface area contributed by atoms with Gasteiger partial charge >= 0.3 is 17.9 Å². The van der Waals surface area contributed by atoms with Crippen LogP contribution < -0.4 is 0 Å². The summed E-state index contributed by atoms with van der Waals surface area (Å²) < 4.78 is 16.8. The Labute approximate surface area is 380 Å². The molecule has 0 aliphatic carbocycles. The molecule has 0 saturated carbocycles. The normalized spacial score (nSPS) is 12.5. The first-order valence-corrected chi connectivity index (χ1v) is 27.3. The van der Waals surface area contributed by atoms with Gasteiger partial charge in [0.1, 0.15) is 13.2 Å². The standard InChI is InChI=1S/C55H106O6/c1-6-8-9-10-11-12-13-14-15-18-21-24-30-35-40-45-53(56)59-48-52(49-60-54(57)46-41-36-31-27-26-29-34-39-44-51(5)7-2)61-55(58)47-42-37-32-25-22-19-16-17-20-23-28-33-38-43-50(3)4/h50-52H,6-49H2,1-5H3/t51?,52-/m1/s1. The third-order valence-corrected chi connectivity index (χ3v) is 12.8. The third-order valence-electron chi connectivity index (χ3n) is 12.8. The fourth-order valence-corrected chi connectivity index (χ4v) is 8.31. The topological polar surface area (TPSA) is 78.9 Å². The van der Waals surface area contributed by atoms with Crippen LogP contribution in [-0.4, -0.2) is 37.2 Å². The monoisotopic (exact) mass is 863 g/mol. The van der Waals surface area contributed by atoms with Gasteiger partial charge in [-0.1, -0.05) is 266 Å². The minimum Gasteiger partial charge on any atom is -0.462 e. The van der Waals surface area contributed by atoms with E-state index in [9.17, 15) is 14.4 Å². The van der Waals surface area contributed by atoms with Crippen molar-refractivity contribution in [2.24, 2.45) is 11.8 Å². The van der Waals surface area contributed by atoms with Crippen LogP contribution in [0.5, 0.6) is 0 Å². The highest BCUT2D eigenvalue weighted by Gasteiger charge is 2.19. The molecular formula is C55H106O6. The van der Waals surface area contributed by atoms with E-state index in [1.807, 2.05) is 0 Å². The van der Waals surface area contributed by atoms with E-state index >= 15 is 0 Å². The van der Waals surface area contributed by atoms with Crippen molar-refractivity contribution >= 4 is 17.9 Å². The highest BCUT2D eigenvalue weighted by molar-refractivity contribution is 5.71. The number of ether oxygens (including phenoxy) is 3. The van der Waals surface area contributed by atoms with Gasteiger partial charge < -0.3 is 14.2 Å². The molecule has 0 saturated heterocycles. The highest BCUT2D eigenvalue weighted by Crippen LogP contribution is 2.18. The molecule has 0 N–H and O–H groups in total. The van der Waals surface area contributed by atoms with Crippen LogP contribution in [0.1, 0.15) is 304 Å². The number of carbonyl (C=O) groups is 3. The van der Waals surface area contributed by atoms with Crippen molar-refractivity contribution in [1.82, 2.24) is 0 Å². The zero-order chi connectivity index (χ0) is 44.7. The second-order valence-corrected chi connectivity index (χ2v) is 19.6. The number of carbonyl (C=O) groups excluding carboxylic acids is 3. The fourth-order valence-electron chi connectivity index (χ4n) is 8.31. The molecule has 0 amide bonds. The maximum atomic E-state index is 12.8. The minimum atomic E-state index is -0.762. The summed E-state index contributed by atoms with van der Waals surface area (Å²) in [4.78, 5) is 38.0. The van der Waals surface area contributed by atoms with Crippen molar-refractivity contribution in [1.29, 1.82) is 0 Å². The van der Waals surface area contributed by atoms with Crippen LogP contribution in [0.2, 0.25) is 0 Å². The molecule has 0 fully saturated rings. The second kappa shape index (κ2) is 47.9. The van der Waals surface area contributed by atoms with Gasteiger partial charge in [0.25, 0.3) is 0 Å². The zero-order valence-corrected chi connectivity index (χ0v) is 41.8. The fraction of sp³-hybridized carbons (Fsp3) is 0.945. The molecule has 0 aromatic carbocycles. The Morgan fingerprint density at radius 2 is 0.623 bits per heavy atom. The lowest BCUT2D eigenvalue weighted by molar-refractivity contribution is -0.167. The highest BCUT2D eigenvalue weighted by atomic mass is 16.6. The first-order valence-electron chi connectivity index (χ1n) is 27.3. The molecule has 362 valence electrons. The molecule has 0 aliphatic heterocycles. The van der Waals surface area contributed by atoms with E-state index in [0.717, 1.165) is 69.6 Å². The first-order chi connectivity index (χ1) is 29.8. The van der Waals surface area contributed by atoms with Gasteiger partial charge in [0.15, 0.2) is 6.10 Å². The molecular weight excluding hydrogens is 757 g/mol. The van der Waals surface area contributed by atoms with Gasteiger partial charge in [0, 0.05) is 19.3 Å². The summed E-state index contributed by atoms with van der Waals surface area (Å²) >= 11 is 0. The molecule has 0 spiro atoms. The second-order valence-electron chi connectivity index (χ2n) is 19.6. The molecule has 0 aromatic rings. The summed E-state index contributed by atoms with van der Waals surface area (Å²) in [6, 6.07) is 0. The quantitative estimate of drug-likeness (QED) is 0.0344. The van der Waals surface area contributed by atoms with E-state index in [2.05, 4.69) is 34.6 Å². The minimum absolute atomic E-state index is 0.0634. The average molecular weight is 863 g/mol. The van der Waals surface area contributed by atoms with Crippen LogP contribution in [0.4, 0.5) is 0 Å². The molecule has 0 heterocycles. The summed E-state index contributed by atoms with van der Waals surface area (Å²) in [6.45, 7) is 11.4. The molecule has 61 heavy (non-hydrogen) atoms. The Balaban J connectivity index is 4.31. The zero-order valence-electron chi connectivity index (χ0n) is 41.8. The van der Waals surface area contributed by atoms with Gasteiger partial charge in [0.05, 0.1) is 0 Å². The number of unbranched alkanes of at least 4 members (excludes halogenated alkanes) is 33. The molecule has 0 bridgehead atoms. The summed E-state index contributed by atoms with van der Waals surface area (Å²) in [7, 11) is 0. The molecule has 6 heteroatoms. The number of esters is 3. The first kappa shape index (κ1) is 59.4. The van der Waals surface area contributed by atoms with E-state index in [-0.39, 0.29) is 31.1 Å². The molecule has 0 rings (SSSR count). The summed E-state index contributed by atoms with van der Waals surface area (Å²) in [5, 5.41) is 0. The Hall–Kier alpha value is -1.59. The largest absolute Gasteiger partial charge is 0.462 e. The lowest BCUT2D eigenvalue weighted by Crippen LogP contribution is -2.30. The van der Waals surface area contributed by atoms with Crippen LogP contribution in [-0.2, 0) is 28.6 Å². The van der Waals surface area contributed by atoms with Crippen LogP contribution >= 0.6 is 0 Å². The van der Waals surface area contributed by atoms with Crippen molar-refractivity contribution in [3.63, 3.8) is 0 Å². The van der Waals surface area contributed by atoms with E-state index in [1.54, 1.807) is 0 Å². The molecule has 2 atom stereocenters. The van der Waals surface area contributed by atoms with Gasteiger partial charge in [-0.2, -0.15) is 0 Å². The molecule has 6 nitrogen and oxygen atoms in total. The summed E-state index contributed by atoms with van der Waals surface area (Å²) in [5.41, 5.74) is 0. The Morgan fingerprint density at radius 3 is 0.934 bits per heavy atom. The molecule has 0 aromatic heterocycles. The van der Waals surface area contributed by atoms with Crippen LogP contribution in [0.15, 0.2) is 0 Å². The predicted octanol–water partition coefficient (Wildman–Crippen LogP) is 17.7. The number of hydrogen-bond acceptors (Lipinski definition) is 6. The van der Waals surface area contributed by atoms with Crippen molar-refractivity contribution < 1.29 is 28.6 Å². The van der Waals surface area contributed by atoms with Crippen molar-refractivity contribution in [2.75, 3.05) is 13.2 Å². The average Bonchev–Trinajstić information content (AvgIpc) is 3.24. The SMILES string of the molecule is CCCCCCCCCCCCCCCCCC(=O)OC[C@H](COC(=O)CCCCCCCCCCC(C)CC)OC(=O)CCCCCCCCCCCCCCCC(C)C. The van der Waals surface area contributed by atoms with Crippen LogP contribution in [0, 0.1) is 11.8 Å². The van der Waals surface area contributed by atoms with Crippen LogP contribution in [0.3, 0.4) is 0 Å². The number of hydrogen-bond donors (Lipinski definition) is 0. The Kier molecular flexibility index (Phi) is 46.6. The van der Waals surface area contributed by atoms with E-state index in [0.29, 0.717) is 19.3 Å². The third kappa shape index (κ3) is 47.7. The van der Waals surface area contributed by atoms with E-state index in [4.69, 9.17) is 14.2 Å². The molecule has 0 radical (unpaired) electrons. The Bertz CT molecular complexity index is 933. The Morgan fingerprint density at radius 1 is 0.344 bits per heavy atom. The smallest absolute Gasteiger partial charge is 0.306 e. The van der Waals surface area contributed by atoms with Crippen LogP contribution in [0.25, 0.3) is 0 Å². The molecule has 1 unspecified atom stereocenters. The van der Waals surface area contributed by atoms with E-state index < -0.39 is 6.10 Å². The summed E-state index contributed by atoms with van der Waals surface area (Å²) in [6.07, 6.45) is 49.4. The van der Waals surface area contributed by atoms with E-state index in [1.165, 1.54) is 193 Å². The predicted molar refractivity (Wildman–Crippen MR) is 261 cm³/mol. The number of rotatable bonds is 49. The lowest BCUT2D eigenvalue weighted by Gasteiger charge is -2.18. The van der Waals surface area contributed by atoms with Gasteiger partial charge in [-0.25, -0.2) is 0 Å². The molecule has 0 aliphatic rings. The van der Waals surface area contributed by atoms with Gasteiger partial charge in [-0.15, -0.1) is 0 Å². The van der Waals surface area contributed by atoms with Gasteiger partial charge in [0.2, 0.25) is 0 Å². The maximum absolute atomic E-state index is 12.8. The summed E-state index contributed by atoms with van der Waals surface area (Å²) in [5.74, 6) is 0.841. The van der Waals surface area contributed by atoms with Gasteiger partial charge in [-0.3, -0.25) is 14.4 Å². The van der Waals surface area contributed by atoms with Crippen molar-refractivity contribution in [3.05, 3.63) is 0 Å². The van der Waals surface area contributed by atoms with Gasteiger partial charge in [-0.05, 0) is 31.1 Å². The van der Waals surface area contributed by atoms with Crippen molar-refractivity contribution in [3.8, 4) is 0 Å².